The number of rotatable bonds is 6. The van der Waals surface area contributed by atoms with Crippen molar-refractivity contribution in [2.75, 3.05) is 6.61 Å². The second kappa shape index (κ2) is 8.12. The van der Waals surface area contributed by atoms with Crippen molar-refractivity contribution < 1.29 is 23.9 Å². The first kappa shape index (κ1) is 18.8. The average molecular weight is 377 g/mol. The molecule has 0 saturated heterocycles. The minimum atomic E-state index is -0.363. The van der Waals surface area contributed by atoms with Gasteiger partial charge in [-0.3, -0.25) is 19.2 Å². The molecule has 2 bridgehead atoms. The molecule has 3 rings (SSSR count). The zero-order chi connectivity index (χ0) is 18.7. The van der Waals surface area contributed by atoms with E-state index in [0.717, 1.165) is 24.1 Å². The predicted octanol–water partition coefficient (Wildman–Crippen LogP) is 2.51. The molecule has 2 aliphatic carbocycles. The molecule has 1 amide bonds. The molecule has 2 fully saturated rings. The molecule has 2 atom stereocenters. The topological polar surface area (TPSA) is 89.5 Å². The molecule has 7 heteroatoms. The third-order valence-electron chi connectivity index (χ3n) is 5.17. The van der Waals surface area contributed by atoms with Gasteiger partial charge in [0.1, 0.15) is 5.78 Å². The van der Waals surface area contributed by atoms with Crippen LogP contribution in [-0.2, 0) is 25.7 Å². The minimum absolute atomic E-state index is 0.00983. The van der Waals surface area contributed by atoms with Crippen molar-refractivity contribution in [1.29, 1.82) is 0 Å². The fourth-order valence-corrected chi connectivity index (χ4v) is 4.70. The van der Waals surface area contributed by atoms with Crippen molar-refractivity contribution in [3.05, 3.63) is 21.9 Å². The molecule has 1 aromatic rings. The van der Waals surface area contributed by atoms with E-state index in [1.165, 1.54) is 18.3 Å². The van der Waals surface area contributed by atoms with Crippen LogP contribution < -0.4 is 5.32 Å². The van der Waals surface area contributed by atoms with Gasteiger partial charge < -0.3 is 10.1 Å². The summed E-state index contributed by atoms with van der Waals surface area (Å²) in [6.45, 7) is 1.54. The first-order valence-corrected chi connectivity index (χ1v) is 9.82. The number of hydrogen-bond donors (Lipinski definition) is 1. The summed E-state index contributed by atoms with van der Waals surface area (Å²) < 4.78 is 5.24. The number of ketones is 2. The van der Waals surface area contributed by atoms with E-state index in [1.807, 2.05) is 0 Å². The maximum absolute atomic E-state index is 12.3. The maximum atomic E-state index is 12.3. The lowest BCUT2D eigenvalue weighted by molar-refractivity contribution is -0.152. The van der Waals surface area contributed by atoms with E-state index in [9.17, 15) is 19.2 Å². The number of fused-ring (bicyclic) bond motifs is 2. The predicted molar refractivity (Wildman–Crippen MR) is 95.7 cm³/mol. The molecule has 6 nitrogen and oxygen atoms in total. The van der Waals surface area contributed by atoms with Crippen molar-refractivity contribution in [1.82, 2.24) is 5.32 Å². The fraction of sp³-hybridized carbons (Fsp3) is 0.579. The average Bonchev–Trinajstić information content (AvgIpc) is 3.06. The zero-order valence-corrected chi connectivity index (χ0v) is 15.6. The Morgan fingerprint density at radius 1 is 1.19 bits per heavy atom. The summed E-state index contributed by atoms with van der Waals surface area (Å²) in [6, 6.07) is 3.46. The number of thiophene rings is 1. The summed E-state index contributed by atoms with van der Waals surface area (Å²) in [7, 11) is 0. The first-order valence-electron chi connectivity index (χ1n) is 9.00. The smallest absolute Gasteiger partial charge is 0.309 e. The summed E-state index contributed by atoms with van der Waals surface area (Å²) in [4.78, 5) is 48.9. The van der Waals surface area contributed by atoms with Crippen LogP contribution in [0.4, 0.5) is 0 Å². The van der Waals surface area contributed by atoms with E-state index in [-0.39, 0.29) is 42.0 Å². The van der Waals surface area contributed by atoms with Gasteiger partial charge in [0.15, 0.2) is 6.61 Å². The number of carbonyl (C=O) groups excluding carboxylic acids is 4. The van der Waals surface area contributed by atoms with Crippen LogP contribution in [0.1, 0.15) is 53.6 Å². The Bertz CT molecular complexity index is 709. The summed E-state index contributed by atoms with van der Waals surface area (Å²) in [6.07, 6.45) is 3.90. The van der Waals surface area contributed by atoms with Gasteiger partial charge in [-0.1, -0.05) is 6.42 Å². The molecule has 0 aromatic carbocycles. The van der Waals surface area contributed by atoms with E-state index in [4.69, 9.17) is 4.74 Å². The number of ether oxygens (including phenoxy) is 1. The molecule has 1 heterocycles. The van der Waals surface area contributed by atoms with Crippen LogP contribution in [0, 0.1) is 17.8 Å². The van der Waals surface area contributed by atoms with Crippen molar-refractivity contribution in [2.45, 2.75) is 45.6 Å². The van der Waals surface area contributed by atoms with E-state index < -0.39 is 0 Å². The summed E-state index contributed by atoms with van der Waals surface area (Å²) in [5, 5.41) is 2.68. The first-order chi connectivity index (χ1) is 12.4. The second-order valence-electron chi connectivity index (χ2n) is 7.10. The van der Waals surface area contributed by atoms with Crippen LogP contribution in [0.3, 0.4) is 0 Å². The quantitative estimate of drug-likeness (QED) is 0.608. The van der Waals surface area contributed by atoms with Gasteiger partial charge in [0.05, 0.1) is 17.3 Å². The van der Waals surface area contributed by atoms with E-state index in [1.54, 1.807) is 12.1 Å². The molecular formula is C19H23NO5S. The third-order valence-corrected chi connectivity index (χ3v) is 6.30. The molecule has 0 aliphatic heterocycles. The SMILES string of the molecule is CC(=O)NCc1ccc(C(=O)COC(=O)C2C[C@H]3CCC[C@H](C2)C3=O)s1. The molecule has 26 heavy (non-hydrogen) atoms. The van der Waals surface area contributed by atoms with Crippen LogP contribution in [0.2, 0.25) is 0 Å². The third kappa shape index (κ3) is 4.38. The van der Waals surface area contributed by atoms with Crippen LogP contribution >= 0.6 is 11.3 Å². The zero-order valence-electron chi connectivity index (χ0n) is 14.8. The largest absolute Gasteiger partial charge is 0.457 e. The van der Waals surface area contributed by atoms with Gasteiger partial charge in [-0.05, 0) is 37.8 Å². The molecule has 0 unspecified atom stereocenters. The van der Waals surface area contributed by atoms with Crippen molar-refractivity contribution >= 4 is 34.8 Å². The summed E-state index contributed by atoms with van der Waals surface area (Å²) in [5.74, 6) is -0.719. The lowest BCUT2D eigenvalue weighted by atomic mass is 9.67. The van der Waals surface area contributed by atoms with Crippen molar-refractivity contribution in [3.63, 3.8) is 0 Å². The Kier molecular flexibility index (Phi) is 5.86. The number of hydrogen-bond acceptors (Lipinski definition) is 6. The highest BCUT2D eigenvalue weighted by molar-refractivity contribution is 7.14. The van der Waals surface area contributed by atoms with Crippen LogP contribution in [-0.4, -0.2) is 30.0 Å². The highest BCUT2D eigenvalue weighted by Crippen LogP contribution is 2.40. The molecule has 0 spiro atoms. The Labute approximate surface area is 156 Å². The van der Waals surface area contributed by atoms with Crippen LogP contribution in [0.5, 0.6) is 0 Å². The normalized spacial score (nSPS) is 24.8. The number of esters is 1. The fourth-order valence-electron chi connectivity index (χ4n) is 3.83. The minimum Gasteiger partial charge on any atom is -0.457 e. The molecule has 1 aromatic heterocycles. The number of amides is 1. The van der Waals surface area contributed by atoms with Gasteiger partial charge in [-0.15, -0.1) is 11.3 Å². The standard InChI is InChI=1S/C19H23NO5S/c1-11(21)20-9-15-5-6-17(26-15)16(22)10-25-19(24)14-7-12-3-2-4-13(8-14)18(12)23/h5-6,12-14H,2-4,7-10H2,1H3,(H,20,21)/t12-,13-/m1/s1. The molecular weight excluding hydrogens is 354 g/mol. The highest BCUT2D eigenvalue weighted by Gasteiger charge is 2.41. The Morgan fingerprint density at radius 3 is 2.54 bits per heavy atom. The maximum Gasteiger partial charge on any atom is 0.309 e. The van der Waals surface area contributed by atoms with Crippen LogP contribution in [0.15, 0.2) is 12.1 Å². The van der Waals surface area contributed by atoms with Crippen molar-refractivity contribution in [3.8, 4) is 0 Å². The van der Waals surface area contributed by atoms with Crippen LogP contribution in [0.25, 0.3) is 0 Å². The molecule has 0 radical (unpaired) electrons. The summed E-state index contributed by atoms with van der Waals surface area (Å²) in [5.41, 5.74) is 0. The van der Waals surface area contributed by atoms with Gasteiger partial charge in [-0.25, -0.2) is 0 Å². The Hall–Kier alpha value is -2.02. The van der Waals surface area contributed by atoms with Crippen molar-refractivity contribution in [2.24, 2.45) is 17.8 Å². The van der Waals surface area contributed by atoms with E-state index in [0.29, 0.717) is 30.0 Å². The Balaban J connectivity index is 1.49. The lowest BCUT2D eigenvalue weighted by Gasteiger charge is -2.36. The molecule has 2 aliphatic rings. The molecule has 140 valence electrons. The molecule has 2 saturated carbocycles. The molecule has 1 N–H and O–H groups in total. The Morgan fingerprint density at radius 2 is 1.88 bits per heavy atom. The van der Waals surface area contributed by atoms with Gasteiger partial charge in [0.2, 0.25) is 11.7 Å². The van der Waals surface area contributed by atoms with Gasteiger partial charge in [-0.2, -0.15) is 0 Å². The number of Topliss-reactive ketones (excluding diaryl/α,β-unsaturated/α-hetero) is 2. The van der Waals surface area contributed by atoms with E-state index in [2.05, 4.69) is 5.32 Å². The van der Waals surface area contributed by atoms with Gasteiger partial charge >= 0.3 is 5.97 Å². The van der Waals surface area contributed by atoms with Gasteiger partial charge in [0, 0.05) is 23.6 Å². The monoisotopic (exact) mass is 377 g/mol. The number of nitrogens with one attached hydrogen (secondary N) is 1. The van der Waals surface area contributed by atoms with E-state index >= 15 is 0 Å². The van der Waals surface area contributed by atoms with Gasteiger partial charge in [0.25, 0.3) is 0 Å². The summed E-state index contributed by atoms with van der Waals surface area (Å²) >= 11 is 1.28. The highest BCUT2D eigenvalue weighted by atomic mass is 32.1. The second-order valence-corrected chi connectivity index (χ2v) is 8.27. The number of carbonyl (C=O) groups is 4. The lowest BCUT2D eigenvalue weighted by Crippen LogP contribution is -2.39.